The van der Waals surface area contributed by atoms with Gasteiger partial charge >= 0.3 is 6.09 Å². The Hall–Kier alpha value is -1.95. The number of hydrogen-bond acceptors (Lipinski definition) is 5. The molecule has 0 saturated heterocycles. The topological polar surface area (TPSA) is 76.8 Å². The van der Waals surface area contributed by atoms with E-state index >= 15 is 0 Å². The van der Waals surface area contributed by atoms with Crippen LogP contribution in [0.3, 0.4) is 0 Å². The van der Waals surface area contributed by atoms with Gasteiger partial charge in [0.25, 0.3) is 0 Å². The molecule has 1 aromatic rings. The predicted octanol–water partition coefficient (Wildman–Crippen LogP) is 2.16. The Morgan fingerprint density at radius 1 is 1.35 bits per heavy atom. The molecule has 0 radical (unpaired) electrons. The number of nitrogens with two attached hydrogens (primary N) is 1. The molecule has 0 saturated carbocycles. The number of carbonyl (C=O) groups excluding carboxylic acids is 1. The van der Waals surface area contributed by atoms with Crippen molar-refractivity contribution in [3.63, 3.8) is 0 Å². The second kappa shape index (κ2) is 7.08. The molecule has 3 N–H and O–H groups in total. The van der Waals surface area contributed by atoms with E-state index in [1.54, 1.807) is 7.11 Å². The third-order valence-electron chi connectivity index (χ3n) is 3.80. The molecule has 6 nitrogen and oxygen atoms in total. The van der Waals surface area contributed by atoms with Gasteiger partial charge in [0.2, 0.25) is 0 Å². The van der Waals surface area contributed by atoms with E-state index < -0.39 is 5.60 Å². The Morgan fingerprint density at radius 2 is 2.09 bits per heavy atom. The highest BCUT2D eigenvalue weighted by Crippen LogP contribution is 2.31. The summed E-state index contributed by atoms with van der Waals surface area (Å²) in [5.41, 5.74) is 8.76. The lowest BCUT2D eigenvalue weighted by molar-refractivity contribution is 0.0521. The Bertz CT molecular complexity index is 567. The van der Waals surface area contributed by atoms with Crippen molar-refractivity contribution in [3.8, 4) is 5.75 Å². The highest BCUT2D eigenvalue weighted by molar-refractivity contribution is 5.67. The first-order valence-corrected chi connectivity index (χ1v) is 7.93. The smallest absolute Gasteiger partial charge is 0.407 e. The summed E-state index contributed by atoms with van der Waals surface area (Å²) in [6.45, 7) is 8.56. The number of ether oxygens (including phenoxy) is 2. The Kier molecular flexibility index (Phi) is 5.36. The number of nitrogens with zero attached hydrogens (tertiary/aromatic N) is 1. The van der Waals surface area contributed by atoms with Crippen LogP contribution in [-0.4, -0.2) is 43.3 Å². The molecule has 0 spiro atoms. The fraction of sp³-hybridized carbons (Fsp3) is 0.588. The van der Waals surface area contributed by atoms with Crippen LogP contribution in [0.5, 0.6) is 5.75 Å². The normalized spacial score (nSPS) is 15.0. The Labute approximate surface area is 137 Å². The van der Waals surface area contributed by atoms with Crippen molar-refractivity contribution in [2.75, 3.05) is 32.5 Å². The van der Waals surface area contributed by atoms with Crippen LogP contribution < -0.4 is 15.8 Å². The van der Waals surface area contributed by atoms with Gasteiger partial charge in [-0.1, -0.05) is 0 Å². The molecule has 1 heterocycles. The van der Waals surface area contributed by atoms with E-state index in [0.29, 0.717) is 6.54 Å². The highest BCUT2D eigenvalue weighted by Gasteiger charge is 2.22. The number of nitrogens with one attached hydrogen (secondary N) is 1. The van der Waals surface area contributed by atoms with Crippen molar-refractivity contribution in [3.05, 3.63) is 23.3 Å². The van der Waals surface area contributed by atoms with E-state index in [2.05, 4.69) is 10.2 Å². The number of rotatable bonds is 4. The van der Waals surface area contributed by atoms with Gasteiger partial charge in [-0.3, -0.25) is 4.90 Å². The molecule has 6 heteroatoms. The Morgan fingerprint density at radius 3 is 2.74 bits per heavy atom. The first-order valence-electron chi connectivity index (χ1n) is 7.93. The highest BCUT2D eigenvalue weighted by atomic mass is 16.6. The minimum absolute atomic E-state index is 0.379. The van der Waals surface area contributed by atoms with Crippen LogP contribution in [0.2, 0.25) is 0 Å². The van der Waals surface area contributed by atoms with Gasteiger partial charge in [-0.05, 0) is 44.9 Å². The molecular formula is C17H27N3O3. The number of alkyl carbamates (subject to hydrolysis) is 1. The van der Waals surface area contributed by atoms with Crippen LogP contribution in [0.15, 0.2) is 12.1 Å². The molecule has 0 fully saturated rings. The average Bonchev–Trinajstić information content (AvgIpc) is 2.46. The summed E-state index contributed by atoms with van der Waals surface area (Å²) in [6.07, 6.45) is 0.520. The second-order valence-electron chi connectivity index (χ2n) is 6.77. The summed E-state index contributed by atoms with van der Waals surface area (Å²) in [5, 5.41) is 2.79. The average molecular weight is 321 g/mol. The number of methoxy groups -OCH3 is 1. The molecular weight excluding hydrogens is 294 g/mol. The van der Waals surface area contributed by atoms with Gasteiger partial charge in [-0.2, -0.15) is 0 Å². The van der Waals surface area contributed by atoms with E-state index in [-0.39, 0.29) is 6.09 Å². The van der Waals surface area contributed by atoms with Gasteiger partial charge in [-0.15, -0.1) is 0 Å². The molecule has 1 aromatic carbocycles. The summed E-state index contributed by atoms with van der Waals surface area (Å²) in [7, 11) is 1.68. The van der Waals surface area contributed by atoms with Crippen molar-refractivity contribution in [1.82, 2.24) is 10.2 Å². The summed E-state index contributed by atoms with van der Waals surface area (Å²) in [5.74, 6) is 0.903. The first-order chi connectivity index (χ1) is 10.8. The summed E-state index contributed by atoms with van der Waals surface area (Å²) < 4.78 is 10.6. The van der Waals surface area contributed by atoms with Crippen molar-refractivity contribution < 1.29 is 14.3 Å². The molecule has 1 amide bonds. The minimum Gasteiger partial charge on any atom is -0.496 e. The first kappa shape index (κ1) is 17.4. The van der Waals surface area contributed by atoms with Gasteiger partial charge < -0.3 is 20.5 Å². The maximum Gasteiger partial charge on any atom is 0.407 e. The fourth-order valence-electron chi connectivity index (χ4n) is 2.74. The Balaban J connectivity index is 1.87. The minimum atomic E-state index is -0.473. The maximum atomic E-state index is 11.6. The van der Waals surface area contributed by atoms with Gasteiger partial charge in [0.15, 0.2) is 0 Å². The molecule has 0 atom stereocenters. The van der Waals surface area contributed by atoms with E-state index in [4.69, 9.17) is 15.2 Å². The van der Waals surface area contributed by atoms with Crippen molar-refractivity contribution >= 4 is 11.8 Å². The van der Waals surface area contributed by atoms with E-state index in [9.17, 15) is 4.79 Å². The summed E-state index contributed by atoms with van der Waals surface area (Å²) >= 11 is 0. The number of nitrogen functional groups attached to an aromatic ring is 1. The molecule has 2 rings (SSSR count). The van der Waals surface area contributed by atoms with Gasteiger partial charge in [0.05, 0.1) is 7.11 Å². The lowest BCUT2D eigenvalue weighted by atomic mass is 9.97. The molecule has 0 unspecified atom stereocenters. The summed E-state index contributed by atoms with van der Waals surface area (Å²) in [6, 6.07) is 3.81. The van der Waals surface area contributed by atoms with Gasteiger partial charge in [0, 0.05) is 37.4 Å². The number of anilines is 1. The van der Waals surface area contributed by atoms with Crippen LogP contribution in [0.4, 0.5) is 10.5 Å². The number of benzene rings is 1. The quantitative estimate of drug-likeness (QED) is 0.831. The molecule has 0 aromatic heterocycles. The maximum absolute atomic E-state index is 11.6. The molecule has 0 bridgehead atoms. The van der Waals surface area contributed by atoms with E-state index in [1.807, 2.05) is 32.9 Å². The van der Waals surface area contributed by atoms with Gasteiger partial charge in [0.1, 0.15) is 11.4 Å². The van der Waals surface area contributed by atoms with E-state index in [1.165, 1.54) is 5.56 Å². The lowest BCUT2D eigenvalue weighted by Crippen LogP contribution is -2.40. The SMILES string of the molecule is COc1ccc(N)c2c1CCN(CCNC(=O)OC(C)(C)C)C2. The zero-order valence-electron chi connectivity index (χ0n) is 14.4. The van der Waals surface area contributed by atoms with E-state index in [0.717, 1.165) is 43.1 Å². The van der Waals surface area contributed by atoms with Crippen LogP contribution in [0, 0.1) is 0 Å². The fourth-order valence-corrected chi connectivity index (χ4v) is 2.74. The molecule has 1 aliphatic heterocycles. The van der Waals surface area contributed by atoms with Crippen molar-refractivity contribution in [2.24, 2.45) is 0 Å². The predicted molar refractivity (Wildman–Crippen MR) is 90.6 cm³/mol. The standard InChI is InChI=1S/C17H27N3O3/c1-17(2,3)23-16(21)19-8-10-20-9-7-12-13(11-20)14(18)5-6-15(12)22-4/h5-6H,7-11,18H2,1-4H3,(H,19,21). The third kappa shape index (κ3) is 4.76. The molecule has 128 valence electrons. The van der Waals surface area contributed by atoms with Crippen molar-refractivity contribution in [1.29, 1.82) is 0 Å². The van der Waals surface area contributed by atoms with Crippen molar-refractivity contribution in [2.45, 2.75) is 39.3 Å². The largest absolute Gasteiger partial charge is 0.496 e. The zero-order chi connectivity index (χ0) is 17.0. The van der Waals surface area contributed by atoms with Crippen LogP contribution >= 0.6 is 0 Å². The second-order valence-corrected chi connectivity index (χ2v) is 6.77. The van der Waals surface area contributed by atoms with Gasteiger partial charge in [-0.25, -0.2) is 4.79 Å². The zero-order valence-corrected chi connectivity index (χ0v) is 14.4. The molecule has 0 aliphatic carbocycles. The summed E-state index contributed by atoms with van der Waals surface area (Å²) in [4.78, 5) is 13.9. The number of carbonyl (C=O) groups is 1. The number of amides is 1. The third-order valence-corrected chi connectivity index (χ3v) is 3.80. The molecule has 23 heavy (non-hydrogen) atoms. The monoisotopic (exact) mass is 321 g/mol. The lowest BCUT2D eigenvalue weighted by Gasteiger charge is -2.30. The molecule has 1 aliphatic rings. The van der Waals surface area contributed by atoms with Crippen LogP contribution in [0.1, 0.15) is 31.9 Å². The van der Waals surface area contributed by atoms with Crippen LogP contribution in [0.25, 0.3) is 0 Å². The number of fused-ring (bicyclic) bond motifs is 1. The number of hydrogen-bond donors (Lipinski definition) is 2. The van der Waals surface area contributed by atoms with Crippen LogP contribution in [-0.2, 0) is 17.7 Å².